The van der Waals surface area contributed by atoms with Gasteiger partial charge >= 0.3 is 5.97 Å². The predicted octanol–water partition coefficient (Wildman–Crippen LogP) is 6.73. The van der Waals surface area contributed by atoms with E-state index in [0.29, 0.717) is 24.1 Å². The largest absolute Gasteiger partial charge is 0.506 e. The number of hydrogen-bond acceptors (Lipinski definition) is 4. The molecule has 208 valence electrons. The molecule has 3 aliphatic rings. The number of aliphatic hydroxyl groups is 1. The smallest absolute Gasteiger partial charge is 0.303 e. The van der Waals surface area contributed by atoms with E-state index in [-0.39, 0.29) is 28.8 Å². The van der Waals surface area contributed by atoms with Gasteiger partial charge in [0.05, 0.1) is 16.6 Å². The van der Waals surface area contributed by atoms with Crippen molar-refractivity contribution in [2.45, 2.75) is 71.1 Å². The first-order valence-corrected chi connectivity index (χ1v) is 14.3. The number of carbonyl (C=O) groups is 2. The second-order valence-corrected chi connectivity index (χ2v) is 11.9. The quantitative estimate of drug-likeness (QED) is 0.210. The van der Waals surface area contributed by atoms with Crippen LogP contribution < -0.4 is 4.90 Å². The monoisotopic (exact) mass is 539 g/mol. The van der Waals surface area contributed by atoms with Crippen LogP contribution in [0.1, 0.15) is 71.4 Å². The van der Waals surface area contributed by atoms with Crippen molar-refractivity contribution in [2.24, 2.45) is 0 Å². The number of aliphatic hydroxyl groups excluding tert-OH is 1. The third kappa shape index (κ3) is 4.40. The van der Waals surface area contributed by atoms with Gasteiger partial charge in [-0.3, -0.25) is 9.59 Å². The second kappa shape index (κ2) is 10.2. The highest BCUT2D eigenvalue weighted by Crippen LogP contribution is 2.49. The van der Waals surface area contributed by atoms with Crippen LogP contribution in [0, 0.1) is 0 Å². The SMILES string of the molecule is CCN1/C(=C/C2=C(O)C(=CC3=[N+](CCCCCC(=O)O)c4ccccc4C3(C)C)C2=O)C(C)(C)c2ccccc21. The average Bonchev–Trinajstić information content (AvgIpc) is 3.28. The second-order valence-electron chi connectivity index (χ2n) is 11.9. The summed E-state index contributed by atoms with van der Waals surface area (Å²) in [7, 11) is 0. The number of Topliss-reactive ketones (excluding diaryl/α,β-unsaturated/α-hetero) is 1. The van der Waals surface area contributed by atoms with Crippen molar-refractivity contribution in [3.05, 3.63) is 94.4 Å². The molecular formula is C34H39N2O4+. The zero-order valence-electron chi connectivity index (χ0n) is 24.1. The molecule has 0 unspecified atom stereocenters. The van der Waals surface area contributed by atoms with Crippen molar-refractivity contribution in [3.8, 4) is 0 Å². The van der Waals surface area contributed by atoms with E-state index in [0.717, 1.165) is 42.2 Å². The van der Waals surface area contributed by atoms with Gasteiger partial charge in [-0.15, -0.1) is 0 Å². The zero-order valence-corrected chi connectivity index (χ0v) is 24.1. The molecule has 2 N–H and O–H groups in total. The lowest BCUT2D eigenvalue weighted by atomic mass is 9.77. The third-order valence-electron chi connectivity index (χ3n) is 8.75. The average molecular weight is 540 g/mol. The maximum atomic E-state index is 13.5. The van der Waals surface area contributed by atoms with Gasteiger partial charge in [0.2, 0.25) is 11.5 Å². The van der Waals surface area contributed by atoms with Crippen LogP contribution >= 0.6 is 0 Å². The van der Waals surface area contributed by atoms with Gasteiger partial charge in [-0.25, -0.2) is 0 Å². The molecule has 0 saturated heterocycles. The Bertz CT molecular complexity index is 1520. The van der Waals surface area contributed by atoms with Gasteiger partial charge < -0.3 is 15.1 Å². The van der Waals surface area contributed by atoms with Gasteiger partial charge in [-0.1, -0.05) is 50.2 Å². The summed E-state index contributed by atoms with van der Waals surface area (Å²) < 4.78 is 2.23. The van der Waals surface area contributed by atoms with Crippen molar-refractivity contribution in [1.82, 2.24) is 0 Å². The van der Waals surface area contributed by atoms with Crippen LogP contribution in [0.4, 0.5) is 11.4 Å². The fourth-order valence-electron chi connectivity index (χ4n) is 6.49. The molecular weight excluding hydrogens is 500 g/mol. The highest BCUT2D eigenvalue weighted by molar-refractivity contribution is 6.24. The normalized spacial score (nSPS) is 20.8. The van der Waals surface area contributed by atoms with E-state index in [1.165, 1.54) is 11.1 Å². The number of rotatable bonds is 9. The lowest BCUT2D eigenvalue weighted by Gasteiger charge is -2.28. The molecule has 0 radical (unpaired) electrons. The number of carbonyl (C=O) groups excluding carboxylic acids is 1. The highest BCUT2D eigenvalue weighted by Gasteiger charge is 2.47. The molecule has 0 amide bonds. The molecule has 0 aromatic heterocycles. The number of fused-ring (bicyclic) bond motifs is 2. The molecule has 2 aliphatic heterocycles. The van der Waals surface area contributed by atoms with Crippen LogP contribution in [0.3, 0.4) is 0 Å². The summed E-state index contributed by atoms with van der Waals surface area (Å²) in [6, 6.07) is 16.6. The van der Waals surface area contributed by atoms with Gasteiger partial charge in [0.25, 0.3) is 0 Å². The summed E-state index contributed by atoms with van der Waals surface area (Å²) >= 11 is 0. The van der Waals surface area contributed by atoms with Crippen LogP contribution in [-0.2, 0) is 20.4 Å². The molecule has 6 heteroatoms. The number of nitrogens with zero attached hydrogens (tertiary/aromatic N) is 2. The topological polar surface area (TPSA) is 80.8 Å². The molecule has 0 fully saturated rings. The van der Waals surface area contributed by atoms with Gasteiger partial charge in [0.1, 0.15) is 12.3 Å². The molecule has 0 atom stereocenters. The Hall–Kier alpha value is -3.93. The summed E-state index contributed by atoms with van der Waals surface area (Å²) in [6.07, 6.45) is 6.19. The first kappa shape index (κ1) is 27.6. The number of ketones is 1. The molecule has 1 aliphatic carbocycles. The Balaban J connectivity index is 1.50. The molecule has 0 bridgehead atoms. The molecule has 0 saturated carbocycles. The first-order chi connectivity index (χ1) is 19.0. The van der Waals surface area contributed by atoms with E-state index in [1.54, 1.807) is 0 Å². The molecule has 5 rings (SSSR count). The van der Waals surface area contributed by atoms with Gasteiger partial charge in [0, 0.05) is 53.9 Å². The van der Waals surface area contributed by atoms with Crippen LogP contribution in [0.25, 0.3) is 0 Å². The minimum Gasteiger partial charge on any atom is -0.506 e. The van der Waals surface area contributed by atoms with Crippen molar-refractivity contribution in [2.75, 3.05) is 18.0 Å². The lowest BCUT2D eigenvalue weighted by molar-refractivity contribution is -0.438. The maximum absolute atomic E-state index is 13.5. The molecule has 2 aromatic rings. The number of carboxylic acids is 1. The molecule has 2 aromatic carbocycles. The summed E-state index contributed by atoms with van der Waals surface area (Å²) in [6.45, 7) is 12.2. The van der Waals surface area contributed by atoms with Crippen molar-refractivity contribution in [1.29, 1.82) is 0 Å². The van der Waals surface area contributed by atoms with Crippen LogP contribution in [-0.4, -0.2) is 45.3 Å². The maximum Gasteiger partial charge on any atom is 0.303 e. The fourth-order valence-corrected chi connectivity index (χ4v) is 6.49. The Morgan fingerprint density at radius 1 is 0.925 bits per heavy atom. The number of likely N-dealkylation sites (N-methyl/N-ethyl adjacent to an activating group) is 1. The Morgan fingerprint density at radius 3 is 2.27 bits per heavy atom. The van der Waals surface area contributed by atoms with E-state index < -0.39 is 5.97 Å². The minimum absolute atomic E-state index is 0.0426. The standard InChI is InChI=1S/C34H38N2O4/c1-6-35-26-16-11-9-14-24(26)33(2,3)28(35)20-22-31(39)23(32(22)40)21-29-34(4,5)25-15-10-12-17-27(25)36(29)19-13-7-8-18-30(37)38/h9-12,14-17,20-21H,6-8,13,18-19H2,1-5H3,(H-,37,38,39,40)/p+1. The Labute approximate surface area is 236 Å². The summed E-state index contributed by atoms with van der Waals surface area (Å²) in [5.74, 6) is -0.873. The van der Waals surface area contributed by atoms with E-state index in [1.807, 2.05) is 36.4 Å². The van der Waals surface area contributed by atoms with Gasteiger partial charge in [0.15, 0.2) is 5.71 Å². The number of allylic oxidation sites excluding steroid dienone is 5. The number of benzene rings is 2. The van der Waals surface area contributed by atoms with E-state index in [9.17, 15) is 14.7 Å². The number of unbranched alkanes of at least 4 members (excludes halogenated alkanes) is 2. The van der Waals surface area contributed by atoms with E-state index >= 15 is 0 Å². The molecule has 0 spiro atoms. The summed E-state index contributed by atoms with van der Waals surface area (Å²) in [5.41, 5.74) is 6.66. The van der Waals surface area contributed by atoms with Crippen LogP contribution in [0.5, 0.6) is 0 Å². The summed E-state index contributed by atoms with van der Waals surface area (Å²) in [5, 5.41) is 20.2. The highest BCUT2D eigenvalue weighted by atomic mass is 16.4. The number of hydrogen-bond donors (Lipinski definition) is 2. The van der Waals surface area contributed by atoms with Gasteiger partial charge in [-0.2, -0.15) is 4.58 Å². The predicted molar refractivity (Wildman–Crippen MR) is 159 cm³/mol. The van der Waals surface area contributed by atoms with Crippen molar-refractivity contribution in [3.63, 3.8) is 0 Å². The first-order valence-electron chi connectivity index (χ1n) is 14.3. The molecule has 6 nitrogen and oxygen atoms in total. The molecule has 40 heavy (non-hydrogen) atoms. The number of para-hydroxylation sites is 2. The van der Waals surface area contributed by atoms with E-state index in [4.69, 9.17) is 5.11 Å². The number of carboxylic acid groups (broad SMARTS) is 1. The minimum atomic E-state index is -0.770. The lowest BCUT2D eigenvalue weighted by Crippen LogP contribution is -2.32. The fraction of sp³-hybridized carbons (Fsp3) is 0.382. The number of anilines is 1. The number of aliphatic carboxylic acids is 1. The van der Waals surface area contributed by atoms with Crippen molar-refractivity contribution < 1.29 is 24.4 Å². The van der Waals surface area contributed by atoms with Crippen molar-refractivity contribution >= 4 is 28.8 Å². The zero-order chi connectivity index (χ0) is 28.8. The Morgan fingerprint density at radius 2 is 1.60 bits per heavy atom. The van der Waals surface area contributed by atoms with Crippen LogP contribution in [0.2, 0.25) is 0 Å². The molecule has 2 heterocycles. The Kier molecular flexibility index (Phi) is 7.07. The summed E-state index contributed by atoms with van der Waals surface area (Å²) in [4.78, 5) is 26.7. The van der Waals surface area contributed by atoms with Gasteiger partial charge in [-0.05, 0) is 51.3 Å². The van der Waals surface area contributed by atoms with E-state index in [2.05, 4.69) is 68.4 Å². The van der Waals surface area contributed by atoms with Crippen LogP contribution in [0.15, 0.2) is 83.3 Å². The third-order valence-corrected chi connectivity index (χ3v) is 8.75.